The smallest absolute Gasteiger partial charge is 0.244 e. The number of fused-ring (bicyclic) bond motifs is 1. The Morgan fingerprint density at radius 2 is 1.76 bits per heavy atom. The highest BCUT2D eigenvalue weighted by Crippen LogP contribution is 2.08. The molecule has 0 spiro atoms. The summed E-state index contributed by atoms with van der Waals surface area (Å²) in [6.07, 6.45) is 4.02. The highest BCUT2D eigenvalue weighted by molar-refractivity contribution is 5.73. The minimum absolute atomic E-state index is 0. The van der Waals surface area contributed by atoms with Crippen molar-refractivity contribution in [2.75, 3.05) is 0 Å². The lowest BCUT2D eigenvalue weighted by atomic mass is 10.3. The Hall–Kier alpha value is -1.50. The molecule has 0 aliphatic heterocycles. The SMILES string of the molecule is [I-].c1cc[n+](Cn2nnc3ccccc32)cc1. The predicted molar refractivity (Wildman–Crippen MR) is 59.6 cm³/mol. The molecule has 0 atom stereocenters. The van der Waals surface area contributed by atoms with Gasteiger partial charge in [0.2, 0.25) is 6.67 Å². The standard InChI is InChI=1S/C12H11N4.HI/c1-4-8-15(9-5-1)10-16-12-7-3-2-6-11(12)13-14-16;/h1-9H,10H2;1H/q+1;/p-1. The van der Waals surface area contributed by atoms with Gasteiger partial charge in [-0.25, -0.2) is 0 Å². The van der Waals surface area contributed by atoms with E-state index in [1.54, 1.807) is 0 Å². The molecule has 0 aliphatic rings. The summed E-state index contributed by atoms with van der Waals surface area (Å²) in [6, 6.07) is 14.0. The van der Waals surface area contributed by atoms with E-state index in [0.717, 1.165) is 11.0 Å². The first-order valence-corrected chi connectivity index (χ1v) is 5.16. The molecule has 1 aromatic carbocycles. The van der Waals surface area contributed by atoms with Gasteiger partial charge >= 0.3 is 0 Å². The van der Waals surface area contributed by atoms with E-state index in [1.807, 2.05) is 59.5 Å². The van der Waals surface area contributed by atoms with Crippen LogP contribution in [0.15, 0.2) is 54.9 Å². The van der Waals surface area contributed by atoms with Gasteiger partial charge in [-0.2, -0.15) is 9.25 Å². The molecule has 5 heteroatoms. The molecule has 0 amide bonds. The third-order valence-corrected chi connectivity index (χ3v) is 2.49. The fourth-order valence-corrected chi connectivity index (χ4v) is 1.71. The molecule has 0 fully saturated rings. The van der Waals surface area contributed by atoms with Crippen LogP contribution in [0.5, 0.6) is 0 Å². The molecule has 0 bridgehead atoms. The number of rotatable bonds is 2. The molecule has 0 saturated carbocycles. The lowest BCUT2D eigenvalue weighted by Crippen LogP contribution is -3.00. The quantitative estimate of drug-likeness (QED) is 0.410. The average Bonchev–Trinajstić information content (AvgIpc) is 2.74. The van der Waals surface area contributed by atoms with Gasteiger partial charge in [-0.3, -0.25) is 0 Å². The average molecular weight is 338 g/mol. The van der Waals surface area contributed by atoms with Crippen LogP contribution >= 0.6 is 0 Å². The van der Waals surface area contributed by atoms with Crippen LogP contribution in [0.2, 0.25) is 0 Å². The normalized spacial score (nSPS) is 10.1. The van der Waals surface area contributed by atoms with Gasteiger partial charge in [0, 0.05) is 12.1 Å². The summed E-state index contributed by atoms with van der Waals surface area (Å²) in [5.74, 6) is 0. The van der Waals surface area contributed by atoms with Crippen LogP contribution in [-0.2, 0) is 6.67 Å². The Labute approximate surface area is 116 Å². The third kappa shape index (κ3) is 2.44. The zero-order chi connectivity index (χ0) is 10.8. The first-order valence-electron chi connectivity index (χ1n) is 5.16. The van der Waals surface area contributed by atoms with Gasteiger partial charge in [-0.1, -0.05) is 23.4 Å². The summed E-state index contributed by atoms with van der Waals surface area (Å²) >= 11 is 0. The fourth-order valence-electron chi connectivity index (χ4n) is 1.71. The van der Waals surface area contributed by atoms with Crippen molar-refractivity contribution >= 4 is 11.0 Å². The largest absolute Gasteiger partial charge is 1.00 e. The van der Waals surface area contributed by atoms with Gasteiger partial charge in [-0.05, 0) is 12.1 Å². The van der Waals surface area contributed by atoms with E-state index >= 15 is 0 Å². The summed E-state index contributed by atoms with van der Waals surface area (Å²) in [5, 5.41) is 8.25. The number of aromatic nitrogens is 4. The Bertz CT molecular complexity index is 606. The number of para-hydroxylation sites is 1. The Morgan fingerprint density at radius 1 is 1.00 bits per heavy atom. The first-order chi connectivity index (χ1) is 7.93. The lowest BCUT2D eigenvalue weighted by Gasteiger charge is -1.97. The van der Waals surface area contributed by atoms with E-state index in [2.05, 4.69) is 14.9 Å². The van der Waals surface area contributed by atoms with Crippen LogP contribution in [0.3, 0.4) is 0 Å². The Kier molecular flexibility index (Phi) is 3.68. The van der Waals surface area contributed by atoms with Crippen LogP contribution in [0.1, 0.15) is 0 Å². The number of benzene rings is 1. The summed E-state index contributed by atoms with van der Waals surface area (Å²) in [7, 11) is 0. The lowest BCUT2D eigenvalue weighted by molar-refractivity contribution is -0.702. The van der Waals surface area contributed by atoms with Gasteiger partial charge < -0.3 is 24.0 Å². The van der Waals surface area contributed by atoms with E-state index in [9.17, 15) is 0 Å². The van der Waals surface area contributed by atoms with Crippen molar-refractivity contribution in [3.05, 3.63) is 54.9 Å². The van der Waals surface area contributed by atoms with Crippen LogP contribution < -0.4 is 28.5 Å². The van der Waals surface area contributed by atoms with Crippen LogP contribution in [0.4, 0.5) is 0 Å². The van der Waals surface area contributed by atoms with Crippen molar-refractivity contribution < 1.29 is 28.5 Å². The second-order valence-corrected chi connectivity index (χ2v) is 3.61. The van der Waals surface area contributed by atoms with Gasteiger partial charge in [0.15, 0.2) is 12.4 Å². The summed E-state index contributed by atoms with van der Waals surface area (Å²) in [6.45, 7) is 0.682. The Morgan fingerprint density at radius 3 is 2.59 bits per heavy atom. The molecule has 0 saturated heterocycles. The molecule has 2 aromatic heterocycles. The van der Waals surface area contributed by atoms with Gasteiger partial charge in [0.05, 0.1) is 5.52 Å². The summed E-state index contributed by atoms with van der Waals surface area (Å²) < 4.78 is 3.94. The second-order valence-electron chi connectivity index (χ2n) is 3.61. The topological polar surface area (TPSA) is 34.6 Å². The molecule has 2 heterocycles. The Balaban J connectivity index is 0.00000108. The van der Waals surface area contributed by atoms with Crippen LogP contribution in [0.25, 0.3) is 11.0 Å². The van der Waals surface area contributed by atoms with Gasteiger partial charge in [0.25, 0.3) is 0 Å². The van der Waals surface area contributed by atoms with E-state index in [-0.39, 0.29) is 24.0 Å². The van der Waals surface area contributed by atoms with Crippen molar-refractivity contribution in [3.8, 4) is 0 Å². The third-order valence-electron chi connectivity index (χ3n) is 2.49. The number of nitrogens with zero attached hydrogens (tertiary/aromatic N) is 4. The zero-order valence-corrected chi connectivity index (χ0v) is 11.2. The van der Waals surface area contributed by atoms with Crippen molar-refractivity contribution in [3.63, 3.8) is 0 Å². The van der Waals surface area contributed by atoms with Crippen LogP contribution in [-0.4, -0.2) is 15.0 Å². The molecular weight excluding hydrogens is 327 g/mol. The monoisotopic (exact) mass is 338 g/mol. The minimum atomic E-state index is 0. The molecule has 0 aliphatic carbocycles. The highest BCUT2D eigenvalue weighted by atomic mass is 127. The zero-order valence-electron chi connectivity index (χ0n) is 9.07. The van der Waals surface area contributed by atoms with E-state index in [4.69, 9.17) is 0 Å². The van der Waals surface area contributed by atoms with Crippen LogP contribution in [0, 0.1) is 0 Å². The van der Waals surface area contributed by atoms with E-state index < -0.39 is 0 Å². The maximum atomic E-state index is 4.14. The fraction of sp³-hybridized carbons (Fsp3) is 0.0833. The molecule has 0 radical (unpaired) electrons. The van der Waals surface area contributed by atoms with Crippen molar-refractivity contribution in [2.24, 2.45) is 0 Å². The summed E-state index contributed by atoms with van der Waals surface area (Å²) in [5.41, 5.74) is 1.98. The number of hydrogen-bond acceptors (Lipinski definition) is 2. The number of hydrogen-bond donors (Lipinski definition) is 0. The maximum Gasteiger partial charge on any atom is 0.244 e. The summed E-state index contributed by atoms with van der Waals surface area (Å²) in [4.78, 5) is 0. The molecule has 3 aromatic rings. The van der Waals surface area contributed by atoms with E-state index in [0.29, 0.717) is 6.67 Å². The van der Waals surface area contributed by atoms with Crippen molar-refractivity contribution in [1.82, 2.24) is 15.0 Å². The molecule has 86 valence electrons. The molecule has 17 heavy (non-hydrogen) atoms. The number of pyridine rings is 1. The molecular formula is C12H11IN4. The minimum Gasteiger partial charge on any atom is -1.00 e. The second kappa shape index (κ2) is 5.22. The van der Waals surface area contributed by atoms with Crippen molar-refractivity contribution in [1.29, 1.82) is 0 Å². The highest BCUT2D eigenvalue weighted by Gasteiger charge is 2.06. The first kappa shape index (κ1) is 12.0. The molecule has 3 rings (SSSR count). The molecule has 0 N–H and O–H groups in total. The van der Waals surface area contributed by atoms with Gasteiger partial charge in [-0.15, -0.1) is 5.10 Å². The molecule has 4 nitrogen and oxygen atoms in total. The van der Waals surface area contributed by atoms with E-state index in [1.165, 1.54) is 0 Å². The van der Waals surface area contributed by atoms with Gasteiger partial charge in [0.1, 0.15) is 5.52 Å². The number of halogens is 1. The predicted octanol–water partition coefficient (Wildman–Crippen LogP) is -1.77. The molecule has 0 unspecified atom stereocenters. The van der Waals surface area contributed by atoms with Crippen molar-refractivity contribution in [2.45, 2.75) is 6.67 Å². The maximum absolute atomic E-state index is 4.14.